The van der Waals surface area contributed by atoms with Crippen molar-refractivity contribution in [3.63, 3.8) is 0 Å². The first-order chi connectivity index (χ1) is 16.9. The number of nitrogens with one attached hydrogen (secondary N) is 2. The van der Waals surface area contributed by atoms with Crippen molar-refractivity contribution in [3.05, 3.63) is 52.1 Å². The van der Waals surface area contributed by atoms with Crippen LogP contribution in [0, 0.1) is 10.1 Å². The van der Waals surface area contributed by atoms with E-state index in [-0.39, 0.29) is 11.3 Å². The third-order valence-corrected chi connectivity index (χ3v) is 5.15. The van der Waals surface area contributed by atoms with E-state index < -0.39 is 29.4 Å². The van der Waals surface area contributed by atoms with Crippen molar-refractivity contribution >= 4 is 35.0 Å². The molecule has 2 aromatic carbocycles. The largest absolute Gasteiger partial charge is 0.486 e. The number of nitro benzene ring substituents is 1. The Morgan fingerprint density at radius 2 is 1.74 bits per heavy atom. The number of imide groups is 1. The molecule has 1 fully saturated rings. The first kappa shape index (κ1) is 23.8. The molecule has 3 amide bonds. The third kappa shape index (κ3) is 5.95. The number of benzene rings is 2. The molecule has 2 aliphatic heterocycles. The molecular weight excluding hydrogens is 464 g/mol. The van der Waals surface area contributed by atoms with E-state index in [4.69, 9.17) is 18.9 Å². The third-order valence-electron chi connectivity index (χ3n) is 5.15. The summed E-state index contributed by atoms with van der Waals surface area (Å²) in [5, 5.41) is 15.7. The lowest BCUT2D eigenvalue weighted by atomic mass is 10.1. The fourth-order valence-corrected chi connectivity index (χ4v) is 3.54. The Kier molecular flexibility index (Phi) is 7.26. The van der Waals surface area contributed by atoms with E-state index in [1.807, 2.05) is 10.2 Å². The minimum atomic E-state index is -0.933. The van der Waals surface area contributed by atoms with Crippen LogP contribution in [-0.2, 0) is 14.3 Å². The molecule has 0 spiro atoms. The van der Waals surface area contributed by atoms with E-state index in [9.17, 15) is 24.5 Å². The monoisotopic (exact) mass is 486 g/mol. The first-order valence-corrected chi connectivity index (χ1v) is 10.7. The molecular formula is C22H22N4O9. The summed E-state index contributed by atoms with van der Waals surface area (Å²) in [5.41, 5.74) is 0.441. The van der Waals surface area contributed by atoms with Gasteiger partial charge in [-0.2, -0.15) is 0 Å². The molecule has 13 nitrogen and oxygen atoms in total. The molecule has 1 saturated heterocycles. The Hall–Kier alpha value is -4.39. The van der Waals surface area contributed by atoms with E-state index in [1.54, 1.807) is 18.2 Å². The van der Waals surface area contributed by atoms with Gasteiger partial charge in [0, 0.05) is 37.0 Å². The van der Waals surface area contributed by atoms with Crippen LogP contribution in [0.15, 0.2) is 36.4 Å². The number of fused-ring (bicyclic) bond motifs is 1. The lowest BCUT2D eigenvalue weighted by molar-refractivity contribution is -0.384. The number of hydrogen-bond acceptors (Lipinski definition) is 10. The van der Waals surface area contributed by atoms with Crippen molar-refractivity contribution in [3.8, 4) is 11.5 Å². The van der Waals surface area contributed by atoms with Gasteiger partial charge in [-0.15, -0.1) is 0 Å². The fourth-order valence-electron chi connectivity index (χ4n) is 3.54. The number of urea groups is 1. The maximum atomic E-state index is 12.7. The van der Waals surface area contributed by atoms with Crippen molar-refractivity contribution in [2.45, 2.75) is 0 Å². The minimum absolute atomic E-state index is 0.0605. The number of hydrogen-bond donors (Lipinski definition) is 2. The maximum Gasteiger partial charge on any atom is 0.341 e. The molecule has 4 rings (SSSR count). The highest BCUT2D eigenvalue weighted by Gasteiger charge is 2.24. The van der Waals surface area contributed by atoms with E-state index >= 15 is 0 Å². The number of rotatable bonds is 6. The van der Waals surface area contributed by atoms with Crippen molar-refractivity contribution in [1.82, 2.24) is 5.32 Å². The van der Waals surface area contributed by atoms with Crippen LogP contribution in [0.1, 0.15) is 10.4 Å². The van der Waals surface area contributed by atoms with Gasteiger partial charge in [-0.25, -0.2) is 9.59 Å². The van der Waals surface area contributed by atoms with Gasteiger partial charge in [0.15, 0.2) is 18.1 Å². The molecule has 2 aromatic rings. The number of morpholine rings is 1. The summed E-state index contributed by atoms with van der Waals surface area (Å²) in [4.78, 5) is 49.4. The van der Waals surface area contributed by atoms with Gasteiger partial charge >= 0.3 is 12.0 Å². The number of nitrogens with zero attached hydrogens (tertiary/aromatic N) is 2. The number of amides is 3. The van der Waals surface area contributed by atoms with Crippen molar-refractivity contribution in [2.75, 3.05) is 56.3 Å². The van der Waals surface area contributed by atoms with Gasteiger partial charge in [0.05, 0.1) is 29.4 Å². The number of nitro groups is 1. The molecule has 35 heavy (non-hydrogen) atoms. The van der Waals surface area contributed by atoms with Crippen LogP contribution >= 0.6 is 0 Å². The summed E-state index contributed by atoms with van der Waals surface area (Å²) in [6.45, 7) is 1.89. The van der Waals surface area contributed by atoms with Crippen LogP contribution < -0.4 is 25.0 Å². The highest BCUT2D eigenvalue weighted by atomic mass is 16.6. The molecule has 0 aliphatic carbocycles. The second kappa shape index (κ2) is 10.7. The molecule has 2 aliphatic rings. The van der Waals surface area contributed by atoms with Gasteiger partial charge < -0.3 is 29.2 Å². The molecule has 2 N–H and O–H groups in total. The van der Waals surface area contributed by atoms with Gasteiger partial charge in [-0.05, 0) is 18.2 Å². The zero-order valence-electron chi connectivity index (χ0n) is 18.5. The van der Waals surface area contributed by atoms with Crippen LogP contribution in [-0.4, -0.2) is 69.0 Å². The second-order valence-electron chi connectivity index (χ2n) is 7.49. The molecule has 0 aromatic heterocycles. The zero-order chi connectivity index (χ0) is 24.8. The number of carbonyl (C=O) groups is 3. The first-order valence-electron chi connectivity index (χ1n) is 10.7. The van der Waals surface area contributed by atoms with E-state index in [2.05, 4.69) is 5.32 Å². The molecule has 184 valence electrons. The van der Waals surface area contributed by atoms with Crippen molar-refractivity contribution in [1.29, 1.82) is 0 Å². The SMILES string of the molecule is O=C(COC(=O)c1cc([N+](=O)[O-])ccc1N1CCOCC1)NC(=O)Nc1ccc2c(c1)OCCO2. The normalized spacial score (nSPS) is 14.6. The Morgan fingerprint density at radius 3 is 2.49 bits per heavy atom. The lowest BCUT2D eigenvalue weighted by Gasteiger charge is -2.30. The van der Waals surface area contributed by atoms with Crippen LogP contribution in [0.5, 0.6) is 11.5 Å². The average molecular weight is 486 g/mol. The minimum Gasteiger partial charge on any atom is -0.486 e. The number of anilines is 2. The van der Waals surface area contributed by atoms with Crippen molar-refractivity contribution in [2.24, 2.45) is 0 Å². The number of esters is 1. The fraction of sp³-hybridized carbons (Fsp3) is 0.318. The molecule has 0 bridgehead atoms. The van der Waals surface area contributed by atoms with E-state index in [0.29, 0.717) is 62.4 Å². The van der Waals surface area contributed by atoms with Crippen LogP contribution in [0.25, 0.3) is 0 Å². The van der Waals surface area contributed by atoms with Crippen LogP contribution in [0.4, 0.5) is 21.9 Å². The molecule has 2 heterocycles. The van der Waals surface area contributed by atoms with Gasteiger partial charge in [0.25, 0.3) is 11.6 Å². The number of carbonyl (C=O) groups excluding carboxylic acids is 3. The van der Waals surface area contributed by atoms with Crippen molar-refractivity contribution < 1.29 is 38.3 Å². The standard InChI is InChI=1S/C22H22N4O9/c27-20(24-22(29)23-14-1-4-18-19(11-14)34-10-9-33-18)13-35-21(28)16-12-15(26(30)31)2-3-17(16)25-5-7-32-8-6-25/h1-4,11-12H,5-10,13H2,(H2,23,24,27,29). The van der Waals surface area contributed by atoms with Gasteiger partial charge in [-0.3, -0.25) is 20.2 Å². The summed E-state index contributed by atoms with van der Waals surface area (Å²) < 4.78 is 21.2. The zero-order valence-corrected chi connectivity index (χ0v) is 18.5. The summed E-state index contributed by atoms with van der Waals surface area (Å²) >= 11 is 0. The Morgan fingerprint density at radius 1 is 1.00 bits per heavy atom. The average Bonchev–Trinajstić information content (AvgIpc) is 2.87. The maximum absolute atomic E-state index is 12.7. The molecule has 0 radical (unpaired) electrons. The lowest BCUT2D eigenvalue weighted by Crippen LogP contribution is -2.38. The highest BCUT2D eigenvalue weighted by molar-refractivity contribution is 6.03. The summed E-state index contributed by atoms with van der Waals surface area (Å²) in [6.07, 6.45) is 0. The molecule has 0 atom stereocenters. The Balaban J connectivity index is 1.35. The predicted octanol–water partition coefficient (Wildman–Crippen LogP) is 1.71. The summed E-state index contributed by atoms with van der Waals surface area (Å²) in [7, 11) is 0. The molecule has 0 unspecified atom stereocenters. The second-order valence-corrected chi connectivity index (χ2v) is 7.49. The number of ether oxygens (including phenoxy) is 4. The van der Waals surface area contributed by atoms with Gasteiger partial charge in [-0.1, -0.05) is 0 Å². The topological polar surface area (TPSA) is 159 Å². The Labute approximate surface area is 199 Å². The van der Waals surface area contributed by atoms with Crippen LogP contribution in [0.3, 0.4) is 0 Å². The number of non-ortho nitro benzene ring substituents is 1. The van der Waals surface area contributed by atoms with E-state index in [1.165, 1.54) is 12.1 Å². The van der Waals surface area contributed by atoms with Crippen LogP contribution in [0.2, 0.25) is 0 Å². The smallest absolute Gasteiger partial charge is 0.341 e. The quantitative estimate of drug-likeness (QED) is 0.350. The van der Waals surface area contributed by atoms with Gasteiger partial charge in [0.2, 0.25) is 0 Å². The van der Waals surface area contributed by atoms with E-state index in [0.717, 1.165) is 6.07 Å². The van der Waals surface area contributed by atoms with Gasteiger partial charge in [0.1, 0.15) is 13.2 Å². The highest BCUT2D eigenvalue weighted by Crippen LogP contribution is 2.32. The molecule has 13 heteroatoms. The Bertz CT molecular complexity index is 1150. The predicted molar refractivity (Wildman–Crippen MR) is 121 cm³/mol. The summed E-state index contributed by atoms with van der Waals surface area (Å²) in [6, 6.07) is 7.75. The molecule has 0 saturated carbocycles. The summed E-state index contributed by atoms with van der Waals surface area (Å²) in [5.74, 6) is -0.811.